The monoisotopic (exact) mass is 399 g/mol. The third kappa shape index (κ3) is 3.31. The average molecular weight is 399 g/mol. The first-order valence-electron chi connectivity index (χ1n) is 10.6. The lowest BCUT2D eigenvalue weighted by molar-refractivity contribution is -0.142. The Labute approximate surface area is 170 Å². The Balaban J connectivity index is 1.78. The number of carbonyl (C=O) groups is 2. The van der Waals surface area contributed by atoms with Crippen molar-refractivity contribution in [3.63, 3.8) is 0 Å². The van der Waals surface area contributed by atoms with Gasteiger partial charge in [-0.05, 0) is 44.7 Å². The largest absolute Gasteiger partial charge is 0.396 e. The van der Waals surface area contributed by atoms with Crippen molar-refractivity contribution in [2.45, 2.75) is 51.7 Å². The number of fused-ring (bicyclic) bond motifs is 3. The van der Waals surface area contributed by atoms with E-state index in [1.54, 1.807) is 21.6 Å². The van der Waals surface area contributed by atoms with E-state index in [-0.39, 0.29) is 41.9 Å². The van der Waals surface area contributed by atoms with Gasteiger partial charge in [-0.25, -0.2) is 0 Å². The van der Waals surface area contributed by atoms with Gasteiger partial charge in [-0.2, -0.15) is 0 Å². The quantitative estimate of drug-likeness (QED) is 0.755. The van der Waals surface area contributed by atoms with Crippen LogP contribution in [-0.2, 0) is 16.1 Å². The van der Waals surface area contributed by atoms with Crippen LogP contribution >= 0.6 is 0 Å². The lowest BCUT2D eigenvalue weighted by Crippen LogP contribution is -2.50. The Morgan fingerprint density at radius 1 is 1.31 bits per heavy atom. The number of likely N-dealkylation sites (tertiary alicyclic amines) is 1. The summed E-state index contributed by atoms with van der Waals surface area (Å²) >= 11 is 0. The van der Waals surface area contributed by atoms with Gasteiger partial charge in [0.2, 0.25) is 11.8 Å². The number of carbonyl (C=O) groups excluding carboxylic acids is 2. The molecular formula is C22H29N3O4. The zero-order valence-corrected chi connectivity index (χ0v) is 17.0. The molecule has 156 valence electrons. The molecule has 3 heterocycles. The second kappa shape index (κ2) is 7.78. The van der Waals surface area contributed by atoms with Crippen molar-refractivity contribution in [1.82, 2.24) is 14.8 Å². The Kier molecular flexibility index (Phi) is 5.34. The summed E-state index contributed by atoms with van der Waals surface area (Å²) in [5.74, 6) is -0.411. The highest BCUT2D eigenvalue weighted by Gasteiger charge is 2.57. The Bertz CT molecular complexity index is 902. The molecule has 0 bridgehead atoms. The van der Waals surface area contributed by atoms with E-state index in [4.69, 9.17) is 0 Å². The van der Waals surface area contributed by atoms with Gasteiger partial charge >= 0.3 is 0 Å². The first-order chi connectivity index (χ1) is 14.0. The number of hydrogen-bond donors (Lipinski definition) is 2. The minimum atomic E-state index is -0.694. The van der Waals surface area contributed by atoms with Gasteiger partial charge in [0, 0.05) is 49.2 Å². The number of aromatic nitrogens is 1. The van der Waals surface area contributed by atoms with Crippen LogP contribution < -0.4 is 10.9 Å². The molecule has 0 aromatic carbocycles. The smallest absolute Gasteiger partial charge is 0.258 e. The molecule has 2 fully saturated rings. The highest BCUT2D eigenvalue weighted by molar-refractivity contribution is 5.89. The molecule has 0 spiro atoms. The van der Waals surface area contributed by atoms with E-state index < -0.39 is 6.04 Å². The molecule has 4 rings (SSSR count). The zero-order valence-electron chi connectivity index (χ0n) is 17.0. The minimum absolute atomic E-state index is 0.0480. The molecule has 2 amide bonds. The van der Waals surface area contributed by atoms with E-state index in [0.717, 1.165) is 18.5 Å². The van der Waals surface area contributed by atoms with Crippen molar-refractivity contribution < 1.29 is 14.7 Å². The summed E-state index contributed by atoms with van der Waals surface area (Å²) in [5, 5.41) is 13.0. The van der Waals surface area contributed by atoms with E-state index in [0.29, 0.717) is 31.0 Å². The molecule has 1 saturated carbocycles. The van der Waals surface area contributed by atoms with Gasteiger partial charge < -0.3 is 19.9 Å². The van der Waals surface area contributed by atoms with Crippen LogP contribution in [0.15, 0.2) is 23.0 Å². The number of amides is 2. The summed E-state index contributed by atoms with van der Waals surface area (Å²) in [6.07, 6.45) is 6.13. The van der Waals surface area contributed by atoms with Crippen molar-refractivity contribution in [3.05, 3.63) is 39.8 Å². The average Bonchev–Trinajstić information content (AvgIpc) is 3.33. The molecule has 2 aliphatic heterocycles. The molecule has 1 aliphatic carbocycles. The molecule has 7 heteroatoms. The second-order valence-electron chi connectivity index (χ2n) is 8.37. The van der Waals surface area contributed by atoms with Crippen LogP contribution in [0.2, 0.25) is 0 Å². The maximum atomic E-state index is 13.2. The van der Waals surface area contributed by atoms with E-state index in [2.05, 4.69) is 5.32 Å². The Hall–Kier alpha value is -2.41. The molecule has 4 atom stereocenters. The van der Waals surface area contributed by atoms with Gasteiger partial charge in [0.25, 0.3) is 5.56 Å². The molecule has 29 heavy (non-hydrogen) atoms. The number of nitrogens with one attached hydrogen (secondary N) is 1. The maximum Gasteiger partial charge on any atom is 0.258 e. The van der Waals surface area contributed by atoms with Crippen molar-refractivity contribution in [3.8, 4) is 0 Å². The standard InChI is InChI=1S/C22H29N3O4/c1-3-5-14-8-9-17-19-15(11-24(17)22(14)29)16(12-26)20(21(28)23-4-2)25(19)18(27)10-13-6-7-13/h3,5,8-9,13,15-16,19-20,26H,4,6-7,10-12H2,1-2H3,(H,23,28)/b5-3-/t15-,16-,19+,20-/m0/s1. The fourth-order valence-corrected chi connectivity index (χ4v) is 5.04. The van der Waals surface area contributed by atoms with Crippen molar-refractivity contribution >= 4 is 17.9 Å². The summed E-state index contributed by atoms with van der Waals surface area (Å²) in [6.45, 7) is 4.40. The summed E-state index contributed by atoms with van der Waals surface area (Å²) in [5.41, 5.74) is 1.28. The number of allylic oxidation sites excluding steroid dienone is 1. The number of hydrogen-bond acceptors (Lipinski definition) is 4. The number of nitrogens with zero attached hydrogens (tertiary/aromatic N) is 2. The number of pyridine rings is 1. The third-order valence-corrected chi connectivity index (χ3v) is 6.52. The molecule has 0 unspecified atom stereocenters. The second-order valence-corrected chi connectivity index (χ2v) is 8.37. The SMILES string of the molecule is C/C=C\c1ccc2n(c1=O)C[C@H]1[C@H](CO)[C@@H](C(=O)NCC)N(C(=O)CC3CC3)[C@@H]21. The zero-order chi connectivity index (χ0) is 20.7. The molecule has 7 nitrogen and oxygen atoms in total. The normalized spacial score (nSPS) is 27.9. The molecule has 3 aliphatic rings. The van der Waals surface area contributed by atoms with Gasteiger partial charge in [-0.15, -0.1) is 0 Å². The van der Waals surface area contributed by atoms with Crippen molar-refractivity contribution in [1.29, 1.82) is 0 Å². The topological polar surface area (TPSA) is 91.6 Å². The van der Waals surface area contributed by atoms with Crippen molar-refractivity contribution in [2.75, 3.05) is 13.2 Å². The van der Waals surface area contributed by atoms with Crippen LogP contribution in [0.4, 0.5) is 0 Å². The maximum absolute atomic E-state index is 13.2. The fourth-order valence-electron chi connectivity index (χ4n) is 5.04. The predicted octanol–water partition coefficient (Wildman–Crippen LogP) is 1.31. The van der Waals surface area contributed by atoms with E-state index >= 15 is 0 Å². The van der Waals surface area contributed by atoms with Gasteiger partial charge in [0.1, 0.15) is 6.04 Å². The van der Waals surface area contributed by atoms with E-state index in [9.17, 15) is 19.5 Å². The van der Waals surface area contributed by atoms with Crippen molar-refractivity contribution in [2.24, 2.45) is 17.8 Å². The molecule has 1 aromatic rings. The van der Waals surface area contributed by atoms with Crippen LogP contribution in [0.3, 0.4) is 0 Å². The molecule has 2 N–H and O–H groups in total. The molecular weight excluding hydrogens is 370 g/mol. The number of aliphatic hydroxyl groups excluding tert-OH is 1. The fraction of sp³-hybridized carbons (Fsp3) is 0.591. The molecule has 0 radical (unpaired) electrons. The van der Waals surface area contributed by atoms with Gasteiger partial charge in [-0.1, -0.05) is 12.2 Å². The summed E-state index contributed by atoms with van der Waals surface area (Å²) in [4.78, 5) is 40.7. The van der Waals surface area contributed by atoms with Crippen LogP contribution in [0, 0.1) is 17.8 Å². The minimum Gasteiger partial charge on any atom is -0.396 e. The van der Waals surface area contributed by atoms with Crippen LogP contribution in [-0.4, -0.2) is 45.6 Å². The Morgan fingerprint density at radius 2 is 2.07 bits per heavy atom. The lowest BCUT2D eigenvalue weighted by atomic mass is 9.88. The Morgan fingerprint density at radius 3 is 2.69 bits per heavy atom. The molecule has 1 aromatic heterocycles. The van der Waals surface area contributed by atoms with Gasteiger partial charge in [0.15, 0.2) is 0 Å². The highest BCUT2D eigenvalue weighted by Crippen LogP contribution is 2.50. The summed E-state index contributed by atoms with van der Waals surface area (Å²) < 4.78 is 1.72. The number of rotatable bonds is 6. The summed E-state index contributed by atoms with van der Waals surface area (Å²) in [7, 11) is 0. The van der Waals surface area contributed by atoms with E-state index in [1.807, 2.05) is 26.0 Å². The predicted molar refractivity (Wildman–Crippen MR) is 109 cm³/mol. The van der Waals surface area contributed by atoms with Crippen LogP contribution in [0.25, 0.3) is 6.08 Å². The number of aliphatic hydroxyl groups is 1. The third-order valence-electron chi connectivity index (χ3n) is 6.52. The number of likely N-dealkylation sites (N-methyl/N-ethyl adjacent to an activating group) is 1. The first kappa shape index (κ1) is 19.9. The lowest BCUT2D eigenvalue weighted by Gasteiger charge is -2.31. The van der Waals surface area contributed by atoms with Crippen LogP contribution in [0.1, 0.15) is 50.4 Å². The first-order valence-corrected chi connectivity index (χ1v) is 10.6. The van der Waals surface area contributed by atoms with Gasteiger partial charge in [-0.3, -0.25) is 14.4 Å². The molecule has 1 saturated heterocycles. The van der Waals surface area contributed by atoms with E-state index in [1.165, 1.54) is 0 Å². The van der Waals surface area contributed by atoms with Gasteiger partial charge in [0.05, 0.1) is 6.04 Å². The highest BCUT2D eigenvalue weighted by atomic mass is 16.3. The van der Waals surface area contributed by atoms with Crippen LogP contribution in [0.5, 0.6) is 0 Å². The summed E-state index contributed by atoms with van der Waals surface area (Å²) in [6, 6.07) is 2.64.